The van der Waals surface area contributed by atoms with Crippen LogP contribution in [0.2, 0.25) is 5.02 Å². The van der Waals surface area contributed by atoms with Crippen molar-refractivity contribution in [1.82, 2.24) is 14.5 Å². The number of anilines is 1. The monoisotopic (exact) mass is 300 g/mol. The summed E-state index contributed by atoms with van der Waals surface area (Å²) in [7, 11) is -3.55. The lowest BCUT2D eigenvalue weighted by Crippen LogP contribution is -2.27. The highest BCUT2D eigenvalue weighted by molar-refractivity contribution is 7.89. The third kappa shape index (κ3) is 3.69. The van der Waals surface area contributed by atoms with E-state index in [-0.39, 0.29) is 11.4 Å². The van der Waals surface area contributed by atoms with Crippen LogP contribution in [0.15, 0.2) is 41.6 Å². The van der Waals surface area contributed by atoms with Gasteiger partial charge in [0.05, 0.1) is 23.3 Å². The molecule has 0 fully saturated rings. The molecule has 102 valence electrons. The molecule has 1 heterocycles. The highest BCUT2D eigenvalue weighted by Crippen LogP contribution is 2.14. The topological polar surface area (TPSA) is 90.0 Å². The van der Waals surface area contributed by atoms with Crippen LogP contribution in [0.1, 0.15) is 0 Å². The van der Waals surface area contributed by atoms with E-state index in [9.17, 15) is 8.42 Å². The maximum atomic E-state index is 12.0. The molecule has 0 radical (unpaired) electrons. The molecule has 0 atom stereocenters. The Hall–Kier alpha value is -1.57. The summed E-state index contributed by atoms with van der Waals surface area (Å²) in [6.45, 7) is 0.618. The number of benzene rings is 1. The zero-order valence-corrected chi connectivity index (χ0v) is 11.5. The number of rotatable bonds is 5. The van der Waals surface area contributed by atoms with E-state index in [2.05, 4.69) is 9.82 Å². The first-order chi connectivity index (χ1) is 8.97. The Morgan fingerprint density at radius 3 is 2.84 bits per heavy atom. The first kappa shape index (κ1) is 13.9. The van der Waals surface area contributed by atoms with E-state index >= 15 is 0 Å². The summed E-state index contributed by atoms with van der Waals surface area (Å²) in [6.07, 6.45) is 3.14. The molecule has 2 rings (SSSR count). The van der Waals surface area contributed by atoms with Gasteiger partial charge >= 0.3 is 0 Å². The highest BCUT2D eigenvalue weighted by atomic mass is 35.5. The van der Waals surface area contributed by atoms with E-state index in [4.69, 9.17) is 17.3 Å². The number of halogens is 1. The van der Waals surface area contributed by atoms with Crippen LogP contribution in [0.5, 0.6) is 0 Å². The van der Waals surface area contributed by atoms with Gasteiger partial charge in [-0.1, -0.05) is 17.7 Å². The van der Waals surface area contributed by atoms with Crippen molar-refractivity contribution in [2.24, 2.45) is 0 Å². The van der Waals surface area contributed by atoms with Gasteiger partial charge in [0, 0.05) is 17.8 Å². The fourth-order valence-corrected chi connectivity index (χ4v) is 2.84. The molecular formula is C11H13ClN4O2S. The van der Waals surface area contributed by atoms with E-state index in [0.717, 1.165) is 0 Å². The van der Waals surface area contributed by atoms with Gasteiger partial charge < -0.3 is 5.73 Å². The molecule has 0 unspecified atom stereocenters. The maximum absolute atomic E-state index is 12.0. The van der Waals surface area contributed by atoms with Crippen LogP contribution in [0.3, 0.4) is 0 Å². The number of nitrogens with zero attached hydrogens (tertiary/aromatic N) is 2. The Balaban J connectivity index is 1.98. The van der Waals surface area contributed by atoms with Crippen molar-refractivity contribution >= 4 is 27.3 Å². The molecule has 0 aliphatic carbocycles. The van der Waals surface area contributed by atoms with Crippen molar-refractivity contribution in [3.05, 3.63) is 41.7 Å². The molecular weight excluding hydrogens is 288 g/mol. The van der Waals surface area contributed by atoms with Crippen molar-refractivity contribution in [3.63, 3.8) is 0 Å². The quantitative estimate of drug-likeness (QED) is 0.865. The zero-order chi connectivity index (χ0) is 13.9. The van der Waals surface area contributed by atoms with Gasteiger partial charge in [-0.2, -0.15) is 5.10 Å². The smallest absolute Gasteiger partial charge is 0.240 e. The Labute approximate surface area is 116 Å². The van der Waals surface area contributed by atoms with Crippen LogP contribution >= 0.6 is 11.6 Å². The lowest BCUT2D eigenvalue weighted by atomic mass is 10.4. The SMILES string of the molecule is Nc1cnn(CCNS(=O)(=O)c2cccc(Cl)c2)c1. The van der Waals surface area contributed by atoms with E-state index in [1.807, 2.05) is 0 Å². The molecule has 0 aliphatic rings. The summed E-state index contributed by atoms with van der Waals surface area (Å²) in [4.78, 5) is 0.139. The van der Waals surface area contributed by atoms with Gasteiger partial charge in [0.15, 0.2) is 0 Å². The summed E-state index contributed by atoms with van der Waals surface area (Å²) in [5, 5.41) is 4.34. The number of sulfonamides is 1. The normalized spacial score (nSPS) is 11.6. The second kappa shape index (κ2) is 5.60. The van der Waals surface area contributed by atoms with Crippen LogP contribution in [0.25, 0.3) is 0 Å². The minimum absolute atomic E-state index is 0.139. The summed E-state index contributed by atoms with van der Waals surface area (Å²) in [6, 6.07) is 6.09. The van der Waals surface area contributed by atoms with E-state index < -0.39 is 10.0 Å². The first-order valence-corrected chi connectivity index (χ1v) is 7.37. The fourth-order valence-electron chi connectivity index (χ4n) is 1.51. The van der Waals surface area contributed by atoms with E-state index in [0.29, 0.717) is 17.3 Å². The summed E-state index contributed by atoms with van der Waals surface area (Å²) >= 11 is 5.76. The number of nitrogens with two attached hydrogens (primary N) is 1. The van der Waals surface area contributed by atoms with Gasteiger partial charge in [0.2, 0.25) is 10.0 Å². The van der Waals surface area contributed by atoms with Gasteiger partial charge in [-0.3, -0.25) is 4.68 Å². The van der Waals surface area contributed by atoms with E-state index in [1.165, 1.54) is 18.3 Å². The molecule has 0 spiro atoms. The minimum Gasteiger partial charge on any atom is -0.396 e. The van der Waals surface area contributed by atoms with Gasteiger partial charge in [-0.25, -0.2) is 13.1 Å². The van der Waals surface area contributed by atoms with Crippen molar-refractivity contribution < 1.29 is 8.42 Å². The molecule has 8 heteroatoms. The van der Waals surface area contributed by atoms with Crippen LogP contribution in [-0.2, 0) is 16.6 Å². The molecule has 6 nitrogen and oxygen atoms in total. The Morgan fingerprint density at radius 1 is 1.42 bits per heavy atom. The fraction of sp³-hybridized carbons (Fsp3) is 0.182. The Kier molecular flexibility index (Phi) is 4.08. The predicted molar refractivity (Wildman–Crippen MR) is 73.3 cm³/mol. The number of hydrogen-bond donors (Lipinski definition) is 2. The van der Waals surface area contributed by atoms with Crippen LogP contribution in [-0.4, -0.2) is 24.7 Å². The Morgan fingerprint density at radius 2 is 2.21 bits per heavy atom. The first-order valence-electron chi connectivity index (χ1n) is 5.50. The van der Waals surface area contributed by atoms with Gasteiger partial charge in [-0.05, 0) is 18.2 Å². The maximum Gasteiger partial charge on any atom is 0.240 e. The Bertz CT molecular complexity index is 669. The molecule has 0 bridgehead atoms. The summed E-state index contributed by atoms with van der Waals surface area (Å²) < 4.78 is 27.9. The molecule has 2 aromatic rings. The van der Waals surface area contributed by atoms with Gasteiger partial charge in [0.1, 0.15) is 0 Å². The van der Waals surface area contributed by atoms with Crippen LogP contribution in [0, 0.1) is 0 Å². The lowest BCUT2D eigenvalue weighted by molar-refractivity contribution is 0.561. The molecule has 19 heavy (non-hydrogen) atoms. The molecule has 0 saturated carbocycles. The molecule has 3 N–H and O–H groups in total. The largest absolute Gasteiger partial charge is 0.396 e. The second-order valence-corrected chi connectivity index (χ2v) is 6.10. The average molecular weight is 301 g/mol. The minimum atomic E-state index is -3.55. The third-order valence-corrected chi connectivity index (χ3v) is 4.09. The standard InChI is InChI=1S/C11H13ClN4O2S/c12-9-2-1-3-11(6-9)19(17,18)15-4-5-16-8-10(13)7-14-16/h1-3,6-8,15H,4-5,13H2. The summed E-state index contributed by atoms with van der Waals surface area (Å²) in [5.41, 5.74) is 6.05. The number of nitrogens with one attached hydrogen (secondary N) is 1. The third-order valence-electron chi connectivity index (χ3n) is 2.39. The molecule has 1 aromatic heterocycles. The highest BCUT2D eigenvalue weighted by Gasteiger charge is 2.13. The predicted octanol–water partition coefficient (Wildman–Crippen LogP) is 1.10. The number of nitrogen functional groups attached to an aromatic ring is 1. The van der Waals surface area contributed by atoms with Gasteiger partial charge in [0.25, 0.3) is 0 Å². The van der Waals surface area contributed by atoms with Crippen molar-refractivity contribution in [2.45, 2.75) is 11.4 Å². The molecule has 1 aromatic carbocycles. The van der Waals surface area contributed by atoms with Crippen molar-refractivity contribution in [2.75, 3.05) is 12.3 Å². The van der Waals surface area contributed by atoms with Gasteiger partial charge in [-0.15, -0.1) is 0 Å². The zero-order valence-electron chi connectivity index (χ0n) is 9.95. The van der Waals surface area contributed by atoms with Crippen molar-refractivity contribution in [3.8, 4) is 0 Å². The average Bonchev–Trinajstić information content (AvgIpc) is 2.75. The second-order valence-electron chi connectivity index (χ2n) is 3.89. The summed E-state index contributed by atoms with van der Waals surface area (Å²) in [5.74, 6) is 0. The molecule has 0 saturated heterocycles. The molecule has 0 aliphatic heterocycles. The molecule has 0 amide bonds. The van der Waals surface area contributed by atoms with Crippen LogP contribution < -0.4 is 10.5 Å². The number of hydrogen-bond acceptors (Lipinski definition) is 4. The van der Waals surface area contributed by atoms with E-state index in [1.54, 1.807) is 23.0 Å². The lowest BCUT2D eigenvalue weighted by Gasteiger charge is -2.07. The van der Waals surface area contributed by atoms with Crippen LogP contribution in [0.4, 0.5) is 5.69 Å². The van der Waals surface area contributed by atoms with Crippen molar-refractivity contribution in [1.29, 1.82) is 0 Å². The number of aromatic nitrogens is 2.